The Balaban J connectivity index is 1.22. The second kappa shape index (κ2) is 10.5. The van der Waals surface area contributed by atoms with Crippen molar-refractivity contribution in [2.75, 3.05) is 36.5 Å². The van der Waals surface area contributed by atoms with Gasteiger partial charge < -0.3 is 15.0 Å². The van der Waals surface area contributed by atoms with Crippen molar-refractivity contribution in [2.45, 2.75) is 13.8 Å². The van der Waals surface area contributed by atoms with Gasteiger partial charge in [-0.25, -0.2) is 9.36 Å². The van der Waals surface area contributed by atoms with Crippen molar-refractivity contribution in [3.63, 3.8) is 0 Å². The molecule has 1 fully saturated rings. The van der Waals surface area contributed by atoms with E-state index >= 15 is 0 Å². The first-order valence-corrected chi connectivity index (χ1v) is 12.9. The Morgan fingerprint density at radius 1 is 0.923 bits per heavy atom. The van der Waals surface area contributed by atoms with Gasteiger partial charge in [-0.3, -0.25) is 4.79 Å². The molecule has 9 nitrogen and oxygen atoms in total. The van der Waals surface area contributed by atoms with Crippen LogP contribution in [0.3, 0.4) is 0 Å². The molecule has 2 aromatic heterocycles. The van der Waals surface area contributed by atoms with E-state index in [2.05, 4.69) is 25.6 Å². The van der Waals surface area contributed by atoms with Crippen molar-refractivity contribution >= 4 is 17.3 Å². The van der Waals surface area contributed by atoms with Gasteiger partial charge in [-0.1, -0.05) is 35.5 Å². The maximum Gasteiger partial charge on any atom is 0.255 e. The van der Waals surface area contributed by atoms with Crippen LogP contribution in [0.15, 0.2) is 85.2 Å². The van der Waals surface area contributed by atoms with Crippen LogP contribution < -0.4 is 10.2 Å². The third-order valence-electron chi connectivity index (χ3n) is 6.98. The third kappa shape index (κ3) is 5.04. The summed E-state index contributed by atoms with van der Waals surface area (Å²) in [5.41, 5.74) is 7.76. The molecule has 1 amide bonds. The third-order valence-corrected chi connectivity index (χ3v) is 6.98. The van der Waals surface area contributed by atoms with E-state index < -0.39 is 0 Å². The molecule has 0 unspecified atom stereocenters. The van der Waals surface area contributed by atoms with Gasteiger partial charge in [0.15, 0.2) is 0 Å². The van der Waals surface area contributed by atoms with E-state index in [0.29, 0.717) is 24.5 Å². The molecule has 1 aliphatic rings. The van der Waals surface area contributed by atoms with E-state index in [1.54, 1.807) is 4.68 Å². The Labute approximate surface area is 226 Å². The number of aryl methyl sites for hydroxylation is 1. The van der Waals surface area contributed by atoms with Crippen LogP contribution in [0.4, 0.5) is 11.4 Å². The molecule has 0 aliphatic carbocycles. The molecule has 3 aromatic carbocycles. The zero-order chi connectivity index (χ0) is 26.8. The molecule has 1 saturated heterocycles. The molecule has 0 saturated carbocycles. The summed E-state index contributed by atoms with van der Waals surface area (Å²) in [4.78, 5) is 15.4. The smallest absolute Gasteiger partial charge is 0.255 e. The van der Waals surface area contributed by atoms with E-state index in [4.69, 9.17) is 4.74 Å². The highest BCUT2D eigenvalue weighted by molar-refractivity contribution is 6.05. The first-order valence-electron chi connectivity index (χ1n) is 12.9. The number of carbonyl (C=O) groups is 1. The highest BCUT2D eigenvalue weighted by Gasteiger charge is 2.16. The second-order valence-electron chi connectivity index (χ2n) is 9.54. The first kappa shape index (κ1) is 24.6. The lowest BCUT2D eigenvalue weighted by Crippen LogP contribution is -2.36. The lowest BCUT2D eigenvalue weighted by atomic mass is 10.1. The Morgan fingerprint density at radius 2 is 1.72 bits per heavy atom. The van der Waals surface area contributed by atoms with E-state index in [-0.39, 0.29) is 5.91 Å². The van der Waals surface area contributed by atoms with Gasteiger partial charge in [-0.05, 0) is 61.9 Å². The van der Waals surface area contributed by atoms with Gasteiger partial charge in [-0.2, -0.15) is 5.10 Å². The fraction of sp³-hybridized carbons (Fsp3) is 0.200. The lowest BCUT2D eigenvalue weighted by Gasteiger charge is -2.29. The molecule has 0 atom stereocenters. The number of benzene rings is 3. The average molecular weight is 520 g/mol. The monoisotopic (exact) mass is 519 g/mol. The van der Waals surface area contributed by atoms with E-state index in [1.165, 1.54) is 0 Å². The lowest BCUT2D eigenvalue weighted by molar-refractivity contribution is 0.102. The van der Waals surface area contributed by atoms with E-state index in [9.17, 15) is 4.79 Å². The van der Waals surface area contributed by atoms with Crippen LogP contribution in [0.1, 0.15) is 21.6 Å². The zero-order valence-corrected chi connectivity index (χ0v) is 21.9. The van der Waals surface area contributed by atoms with Crippen molar-refractivity contribution in [3.8, 4) is 22.6 Å². The van der Waals surface area contributed by atoms with Crippen LogP contribution in [-0.2, 0) is 4.74 Å². The number of carbonyl (C=O) groups excluding carboxylic acids is 1. The van der Waals surface area contributed by atoms with E-state index in [1.807, 2.05) is 104 Å². The SMILES string of the molecule is Cc1ccc(NC(=O)c2cccc(N3CCOCC3)c2)cc1-n1cc(-c2cnn(-c3ccccc3)c2C)nn1. The molecule has 1 aliphatic heterocycles. The number of amides is 1. The number of morpholine rings is 1. The number of hydrogen-bond acceptors (Lipinski definition) is 6. The van der Waals surface area contributed by atoms with Gasteiger partial charge in [0.25, 0.3) is 5.91 Å². The number of rotatable bonds is 6. The fourth-order valence-corrected chi connectivity index (χ4v) is 4.80. The standard InChI is InChI=1S/C30H29N7O2/c1-21-11-12-24(32-30(38)23-7-6-10-26(17-23)35-13-15-39-16-14-35)18-29(21)36-20-28(33-34-36)27-19-31-37(22(27)2)25-8-4-3-5-9-25/h3-12,17-20H,13-16H2,1-2H3,(H,32,38). The molecule has 0 bridgehead atoms. The molecule has 0 spiro atoms. The maximum absolute atomic E-state index is 13.1. The van der Waals surface area contributed by atoms with Crippen LogP contribution in [0, 0.1) is 13.8 Å². The van der Waals surface area contributed by atoms with Crippen molar-refractivity contribution in [1.82, 2.24) is 24.8 Å². The van der Waals surface area contributed by atoms with Crippen LogP contribution in [0.25, 0.3) is 22.6 Å². The van der Waals surface area contributed by atoms with Gasteiger partial charge >= 0.3 is 0 Å². The summed E-state index contributed by atoms with van der Waals surface area (Å²) in [5, 5.41) is 16.4. The van der Waals surface area contributed by atoms with Gasteiger partial charge in [-0.15, -0.1) is 5.10 Å². The second-order valence-corrected chi connectivity index (χ2v) is 9.54. The molecule has 6 rings (SSSR count). The first-order chi connectivity index (χ1) is 19.1. The molecular formula is C30H29N7O2. The van der Waals surface area contributed by atoms with Crippen LogP contribution >= 0.6 is 0 Å². The summed E-state index contributed by atoms with van der Waals surface area (Å²) < 4.78 is 9.08. The summed E-state index contributed by atoms with van der Waals surface area (Å²) >= 11 is 0. The molecule has 196 valence electrons. The number of aromatic nitrogens is 5. The van der Waals surface area contributed by atoms with Crippen molar-refractivity contribution in [3.05, 3.63) is 102 Å². The average Bonchev–Trinajstić information content (AvgIpc) is 3.62. The Kier molecular flexibility index (Phi) is 6.64. The summed E-state index contributed by atoms with van der Waals surface area (Å²) in [7, 11) is 0. The molecular weight excluding hydrogens is 490 g/mol. The fourth-order valence-electron chi connectivity index (χ4n) is 4.80. The minimum atomic E-state index is -0.164. The van der Waals surface area contributed by atoms with Gasteiger partial charge in [0, 0.05) is 35.6 Å². The molecule has 3 heterocycles. The topological polar surface area (TPSA) is 90.1 Å². The minimum Gasteiger partial charge on any atom is -0.378 e. The largest absolute Gasteiger partial charge is 0.378 e. The van der Waals surface area contributed by atoms with Gasteiger partial charge in [0.05, 0.1) is 42.7 Å². The summed E-state index contributed by atoms with van der Waals surface area (Å²) in [6.45, 7) is 7.05. The number of nitrogens with one attached hydrogen (secondary N) is 1. The van der Waals surface area contributed by atoms with Crippen LogP contribution in [-0.4, -0.2) is 57.0 Å². The van der Waals surface area contributed by atoms with Gasteiger partial charge in [0.2, 0.25) is 0 Å². The predicted molar refractivity (Wildman–Crippen MR) is 151 cm³/mol. The highest BCUT2D eigenvalue weighted by Crippen LogP contribution is 2.26. The minimum absolute atomic E-state index is 0.164. The highest BCUT2D eigenvalue weighted by atomic mass is 16.5. The summed E-state index contributed by atoms with van der Waals surface area (Å²) in [6.07, 6.45) is 3.70. The maximum atomic E-state index is 13.1. The molecule has 39 heavy (non-hydrogen) atoms. The number of hydrogen-bond donors (Lipinski definition) is 1. The molecule has 1 N–H and O–H groups in total. The zero-order valence-electron chi connectivity index (χ0n) is 21.9. The summed E-state index contributed by atoms with van der Waals surface area (Å²) in [6, 6.07) is 23.5. The Bertz CT molecular complexity index is 1620. The van der Waals surface area contributed by atoms with Crippen LogP contribution in [0.2, 0.25) is 0 Å². The number of anilines is 2. The number of ether oxygens (including phenoxy) is 1. The number of nitrogens with zero attached hydrogens (tertiary/aromatic N) is 6. The van der Waals surface area contributed by atoms with Crippen molar-refractivity contribution in [1.29, 1.82) is 0 Å². The molecule has 0 radical (unpaired) electrons. The number of para-hydroxylation sites is 1. The summed E-state index contributed by atoms with van der Waals surface area (Å²) in [5.74, 6) is -0.164. The predicted octanol–water partition coefficient (Wildman–Crippen LogP) is 4.83. The van der Waals surface area contributed by atoms with Gasteiger partial charge in [0.1, 0.15) is 5.69 Å². The van der Waals surface area contributed by atoms with Crippen LogP contribution in [0.5, 0.6) is 0 Å². The molecule has 9 heteroatoms. The normalized spacial score (nSPS) is 13.4. The van der Waals surface area contributed by atoms with Crippen molar-refractivity contribution in [2.24, 2.45) is 0 Å². The van der Waals surface area contributed by atoms with Crippen molar-refractivity contribution < 1.29 is 9.53 Å². The Hall–Kier alpha value is -4.76. The quantitative estimate of drug-likeness (QED) is 0.346. The Morgan fingerprint density at radius 3 is 2.54 bits per heavy atom. The van der Waals surface area contributed by atoms with E-state index in [0.717, 1.165) is 52.7 Å². The molecule has 5 aromatic rings.